The quantitative estimate of drug-likeness (QED) is 0.934. The van der Waals surface area contributed by atoms with Crippen LogP contribution in [0.3, 0.4) is 0 Å². The van der Waals surface area contributed by atoms with Gasteiger partial charge in [-0.15, -0.1) is 0 Å². The van der Waals surface area contributed by atoms with Crippen molar-refractivity contribution in [2.24, 2.45) is 11.8 Å². The normalized spacial score (nSPS) is 30.9. The average Bonchev–Trinajstić information content (AvgIpc) is 2.43. The minimum Gasteiger partial charge on any atom is -0.384 e. The SMILES string of the molecule is CC1=C[C@](O)(C[S@@](=O)c2ccc(C)cc2)[C@@H](C)[C@H](C)C1=O. The summed E-state index contributed by atoms with van der Waals surface area (Å²) in [5, 5.41) is 10.9. The fourth-order valence-corrected chi connectivity index (χ4v) is 4.13. The van der Waals surface area contributed by atoms with Crippen molar-refractivity contribution in [3.05, 3.63) is 41.5 Å². The molecule has 3 nitrogen and oxygen atoms in total. The van der Waals surface area contributed by atoms with Crippen LogP contribution < -0.4 is 0 Å². The molecule has 1 aromatic carbocycles. The van der Waals surface area contributed by atoms with E-state index in [-0.39, 0.29) is 23.4 Å². The maximum Gasteiger partial charge on any atom is 0.161 e. The second-order valence-electron chi connectivity index (χ2n) is 6.06. The second-order valence-corrected chi connectivity index (χ2v) is 7.51. The molecule has 1 aliphatic carbocycles. The molecule has 0 saturated carbocycles. The van der Waals surface area contributed by atoms with Gasteiger partial charge >= 0.3 is 0 Å². The summed E-state index contributed by atoms with van der Waals surface area (Å²) in [6.45, 7) is 7.36. The van der Waals surface area contributed by atoms with Gasteiger partial charge in [-0.3, -0.25) is 9.00 Å². The molecule has 1 aromatic rings. The number of benzene rings is 1. The van der Waals surface area contributed by atoms with Crippen LogP contribution in [0, 0.1) is 18.8 Å². The molecule has 0 fully saturated rings. The number of carbonyl (C=O) groups excluding carboxylic acids is 1. The van der Waals surface area contributed by atoms with Crippen molar-refractivity contribution in [3.63, 3.8) is 0 Å². The molecule has 4 atom stereocenters. The molecule has 0 amide bonds. The van der Waals surface area contributed by atoms with E-state index in [9.17, 15) is 14.1 Å². The molecule has 0 aliphatic heterocycles. The van der Waals surface area contributed by atoms with Gasteiger partial charge in [0.15, 0.2) is 5.78 Å². The fraction of sp³-hybridized carbons (Fsp3) is 0.471. The first-order valence-corrected chi connectivity index (χ1v) is 8.47. The largest absolute Gasteiger partial charge is 0.384 e. The minimum atomic E-state index is -1.30. The third-order valence-electron chi connectivity index (χ3n) is 4.45. The van der Waals surface area contributed by atoms with Crippen molar-refractivity contribution >= 4 is 16.6 Å². The molecule has 0 saturated heterocycles. The predicted molar refractivity (Wildman–Crippen MR) is 84.5 cm³/mol. The zero-order chi connectivity index (χ0) is 15.8. The van der Waals surface area contributed by atoms with Crippen LogP contribution in [-0.4, -0.2) is 26.5 Å². The highest BCUT2D eigenvalue weighted by Crippen LogP contribution is 2.35. The van der Waals surface area contributed by atoms with Crippen LogP contribution >= 0.6 is 0 Å². The lowest BCUT2D eigenvalue weighted by molar-refractivity contribution is -0.124. The maximum absolute atomic E-state index is 12.5. The summed E-state index contributed by atoms with van der Waals surface area (Å²) < 4.78 is 12.5. The van der Waals surface area contributed by atoms with Crippen molar-refractivity contribution in [2.45, 2.75) is 38.2 Å². The highest BCUT2D eigenvalue weighted by atomic mass is 32.2. The Hall–Kier alpha value is -1.26. The summed E-state index contributed by atoms with van der Waals surface area (Å²) in [5.41, 5.74) is 0.465. The van der Waals surface area contributed by atoms with Crippen molar-refractivity contribution < 1.29 is 14.1 Å². The van der Waals surface area contributed by atoms with Crippen LogP contribution in [0.25, 0.3) is 0 Å². The van der Waals surface area contributed by atoms with E-state index in [0.29, 0.717) is 10.5 Å². The molecule has 0 aromatic heterocycles. The molecular formula is C17H22O3S. The number of aliphatic hydroxyl groups is 1. The molecule has 0 bridgehead atoms. The number of hydrogen-bond acceptors (Lipinski definition) is 3. The van der Waals surface area contributed by atoms with Gasteiger partial charge in [0.2, 0.25) is 0 Å². The lowest BCUT2D eigenvalue weighted by Crippen LogP contribution is -2.48. The number of Topliss-reactive ketones (excluding diaryl/α,β-unsaturated/α-hetero) is 1. The van der Waals surface area contributed by atoms with Gasteiger partial charge in [0.1, 0.15) is 0 Å². The number of hydrogen-bond donors (Lipinski definition) is 1. The summed E-state index contributed by atoms with van der Waals surface area (Å²) in [6.07, 6.45) is 1.59. The average molecular weight is 306 g/mol. The highest BCUT2D eigenvalue weighted by molar-refractivity contribution is 7.85. The second kappa shape index (κ2) is 5.85. The molecular weight excluding hydrogens is 284 g/mol. The van der Waals surface area contributed by atoms with Crippen LogP contribution in [0.5, 0.6) is 0 Å². The third kappa shape index (κ3) is 3.16. The van der Waals surface area contributed by atoms with Gasteiger partial charge < -0.3 is 5.11 Å². The highest BCUT2D eigenvalue weighted by Gasteiger charge is 2.43. The van der Waals surface area contributed by atoms with Crippen LogP contribution in [0.1, 0.15) is 26.3 Å². The predicted octanol–water partition coefficient (Wildman–Crippen LogP) is 2.63. The summed E-state index contributed by atoms with van der Waals surface area (Å²) in [5.74, 6) is -0.321. The zero-order valence-electron chi connectivity index (χ0n) is 12.9. The summed E-state index contributed by atoms with van der Waals surface area (Å²) >= 11 is 0. The van der Waals surface area contributed by atoms with E-state index >= 15 is 0 Å². The Balaban J connectivity index is 2.26. The first-order valence-electron chi connectivity index (χ1n) is 7.15. The van der Waals surface area contributed by atoms with Crippen molar-refractivity contribution in [1.29, 1.82) is 0 Å². The van der Waals surface area contributed by atoms with Crippen LogP contribution in [-0.2, 0) is 15.6 Å². The number of aryl methyl sites for hydroxylation is 1. The summed E-state index contributed by atoms with van der Waals surface area (Å²) in [7, 11) is -1.30. The van der Waals surface area contributed by atoms with Gasteiger partial charge in [-0.1, -0.05) is 31.5 Å². The number of rotatable bonds is 3. The molecule has 0 radical (unpaired) electrons. The Labute approximate surface area is 128 Å². The van der Waals surface area contributed by atoms with E-state index in [2.05, 4.69) is 0 Å². The van der Waals surface area contributed by atoms with E-state index in [1.807, 2.05) is 45.0 Å². The van der Waals surface area contributed by atoms with Gasteiger partial charge in [-0.2, -0.15) is 0 Å². The topological polar surface area (TPSA) is 54.4 Å². The Bertz CT molecular complexity index is 603. The van der Waals surface area contributed by atoms with Gasteiger partial charge in [0, 0.05) is 10.8 Å². The van der Waals surface area contributed by atoms with Crippen LogP contribution in [0.15, 0.2) is 40.8 Å². The van der Waals surface area contributed by atoms with Crippen molar-refractivity contribution in [2.75, 3.05) is 5.75 Å². The Morgan fingerprint density at radius 3 is 2.33 bits per heavy atom. The van der Waals surface area contributed by atoms with Crippen LogP contribution in [0.2, 0.25) is 0 Å². The molecule has 0 spiro atoms. The Kier molecular flexibility index (Phi) is 4.49. The molecule has 2 rings (SSSR count). The molecule has 0 unspecified atom stereocenters. The summed E-state index contributed by atoms with van der Waals surface area (Å²) in [6, 6.07) is 7.48. The molecule has 0 heterocycles. The van der Waals surface area contributed by atoms with Gasteiger partial charge in [-0.25, -0.2) is 0 Å². The van der Waals surface area contributed by atoms with E-state index in [1.54, 1.807) is 13.0 Å². The number of carbonyl (C=O) groups is 1. The Morgan fingerprint density at radius 1 is 1.19 bits per heavy atom. The molecule has 4 heteroatoms. The third-order valence-corrected chi connectivity index (χ3v) is 5.98. The first kappa shape index (κ1) is 16.1. The van der Waals surface area contributed by atoms with Gasteiger partial charge in [0.05, 0.1) is 22.2 Å². The van der Waals surface area contributed by atoms with Crippen molar-refractivity contribution in [3.8, 4) is 0 Å². The zero-order valence-corrected chi connectivity index (χ0v) is 13.7. The fourth-order valence-electron chi connectivity index (χ4n) is 2.75. The van der Waals surface area contributed by atoms with E-state index in [4.69, 9.17) is 0 Å². The van der Waals surface area contributed by atoms with Gasteiger partial charge in [-0.05, 0) is 43.5 Å². The minimum absolute atomic E-state index is 0.0632. The molecule has 114 valence electrons. The number of ketones is 1. The van der Waals surface area contributed by atoms with E-state index < -0.39 is 16.4 Å². The first-order chi connectivity index (χ1) is 9.74. The van der Waals surface area contributed by atoms with Gasteiger partial charge in [0.25, 0.3) is 0 Å². The van der Waals surface area contributed by atoms with Crippen molar-refractivity contribution in [1.82, 2.24) is 0 Å². The van der Waals surface area contributed by atoms with E-state index in [0.717, 1.165) is 5.56 Å². The lowest BCUT2D eigenvalue weighted by Gasteiger charge is -2.38. The summed E-state index contributed by atoms with van der Waals surface area (Å²) in [4.78, 5) is 12.7. The smallest absolute Gasteiger partial charge is 0.161 e. The molecule has 1 aliphatic rings. The molecule has 1 N–H and O–H groups in total. The Morgan fingerprint density at radius 2 is 1.76 bits per heavy atom. The number of allylic oxidation sites excluding steroid dienone is 1. The molecule has 21 heavy (non-hydrogen) atoms. The van der Waals surface area contributed by atoms with E-state index in [1.165, 1.54) is 0 Å². The monoisotopic (exact) mass is 306 g/mol. The van der Waals surface area contributed by atoms with Crippen LogP contribution in [0.4, 0.5) is 0 Å². The standard InChI is InChI=1S/C17H22O3S/c1-11-5-7-15(8-6-11)21(20)10-17(19)9-12(2)16(18)13(3)14(17)4/h5-9,13-14,19H,10H2,1-4H3/t13-,14-,17-,21+/m0/s1. The lowest BCUT2D eigenvalue weighted by atomic mass is 9.72. The maximum atomic E-state index is 12.5.